The van der Waals surface area contributed by atoms with Crippen molar-refractivity contribution in [3.8, 4) is 0 Å². The van der Waals surface area contributed by atoms with E-state index in [4.69, 9.17) is 10.6 Å². The summed E-state index contributed by atoms with van der Waals surface area (Å²) in [5.74, 6) is 6.04. The van der Waals surface area contributed by atoms with E-state index in [-0.39, 0.29) is 6.04 Å². The van der Waals surface area contributed by atoms with Crippen molar-refractivity contribution in [3.05, 3.63) is 10.6 Å². The Morgan fingerprint density at radius 2 is 2.53 bits per heavy atom. The van der Waals surface area contributed by atoms with Crippen LogP contribution in [0, 0.1) is 12.8 Å². The zero-order chi connectivity index (χ0) is 10.7. The third-order valence-electron chi connectivity index (χ3n) is 2.82. The van der Waals surface area contributed by atoms with Crippen molar-refractivity contribution in [3.63, 3.8) is 0 Å². The fourth-order valence-electron chi connectivity index (χ4n) is 1.98. The molecule has 0 radical (unpaired) electrons. The van der Waals surface area contributed by atoms with Crippen molar-refractivity contribution in [1.29, 1.82) is 0 Å². The lowest BCUT2D eigenvalue weighted by atomic mass is 9.92. The van der Waals surface area contributed by atoms with E-state index in [9.17, 15) is 0 Å². The minimum absolute atomic E-state index is 0.130. The first-order valence-corrected chi connectivity index (χ1v) is 5.93. The Bertz CT molecular complexity index is 311. The smallest absolute Gasteiger partial charge is 0.0773 e. The Morgan fingerprint density at radius 1 is 1.67 bits per heavy atom. The number of nitrogens with two attached hydrogens (primary N) is 1. The van der Waals surface area contributed by atoms with Crippen molar-refractivity contribution in [2.45, 2.75) is 25.8 Å². The van der Waals surface area contributed by atoms with Crippen LogP contribution in [0.15, 0.2) is 0 Å². The first-order chi connectivity index (χ1) is 7.33. The lowest BCUT2D eigenvalue weighted by molar-refractivity contribution is 0.0394. The molecule has 15 heavy (non-hydrogen) atoms. The zero-order valence-electron chi connectivity index (χ0n) is 8.77. The standard InChI is InChI=1S/C9H16N4OS/c1-6-9(15-13-12-6)8(11-10)7-3-2-4-14-5-7/h7-8,11H,2-5,10H2,1H3. The first-order valence-electron chi connectivity index (χ1n) is 5.15. The molecule has 1 aliphatic heterocycles. The van der Waals surface area contributed by atoms with Gasteiger partial charge in [-0.25, -0.2) is 0 Å². The lowest BCUT2D eigenvalue weighted by Crippen LogP contribution is -2.37. The maximum atomic E-state index is 5.61. The highest BCUT2D eigenvalue weighted by Gasteiger charge is 2.27. The van der Waals surface area contributed by atoms with E-state index < -0.39 is 0 Å². The highest BCUT2D eigenvalue weighted by atomic mass is 32.1. The lowest BCUT2D eigenvalue weighted by Gasteiger charge is -2.28. The molecule has 0 bridgehead atoms. The summed E-state index contributed by atoms with van der Waals surface area (Å²) in [6, 6.07) is 0.130. The van der Waals surface area contributed by atoms with Crippen LogP contribution in [0.5, 0.6) is 0 Å². The van der Waals surface area contributed by atoms with Crippen molar-refractivity contribution in [2.24, 2.45) is 11.8 Å². The average molecular weight is 228 g/mol. The highest BCUT2D eigenvalue weighted by molar-refractivity contribution is 7.05. The van der Waals surface area contributed by atoms with Gasteiger partial charge in [-0.05, 0) is 31.3 Å². The third kappa shape index (κ3) is 2.34. The Balaban J connectivity index is 2.12. The van der Waals surface area contributed by atoms with Crippen LogP contribution in [0.1, 0.15) is 29.5 Å². The van der Waals surface area contributed by atoms with Gasteiger partial charge in [-0.3, -0.25) is 11.3 Å². The summed E-state index contributed by atoms with van der Waals surface area (Å²) in [7, 11) is 0. The van der Waals surface area contributed by atoms with Gasteiger partial charge in [-0.2, -0.15) is 0 Å². The number of hydrogen-bond donors (Lipinski definition) is 2. The van der Waals surface area contributed by atoms with E-state index in [0.717, 1.165) is 36.6 Å². The number of aromatic nitrogens is 2. The summed E-state index contributed by atoms with van der Waals surface area (Å²) >= 11 is 1.42. The Morgan fingerprint density at radius 3 is 3.07 bits per heavy atom. The van der Waals surface area contributed by atoms with E-state index in [0.29, 0.717) is 5.92 Å². The van der Waals surface area contributed by atoms with Gasteiger partial charge < -0.3 is 4.74 Å². The Hall–Kier alpha value is -0.560. The summed E-state index contributed by atoms with van der Waals surface area (Å²) in [6.45, 7) is 3.60. The number of nitrogens with one attached hydrogen (secondary N) is 1. The van der Waals surface area contributed by atoms with Gasteiger partial charge in [-0.1, -0.05) is 4.49 Å². The normalized spacial score (nSPS) is 24.0. The van der Waals surface area contributed by atoms with Gasteiger partial charge in [0.25, 0.3) is 0 Å². The van der Waals surface area contributed by atoms with Crippen molar-refractivity contribution >= 4 is 11.5 Å². The van der Waals surface area contributed by atoms with E-state index in [1.54, 1.807) is 0 Å². The fourth-order valence-corrected chi connectivity index (χ4v) is 2.78. The third-order valence-corrected chi connectivity index (χ3v) is 3.72. The first kappa shape index (κ1) is 10.9. The number of hydrogen-bond acceptors (Lipinski definition) is 6. The van der Waals surface area contributed by atoms with E-state index >= 15 is 0 Å². The van der Waals surface area contributed by atoms with E-state index in [1.165, 1.54) is 11.5 Å². The predicted molar refractivity (Wildman–Crippen MR) is 58.3 cm³/mol. The molecule has 2 heterocycles. The van der Waals surface area contributed by atoms with Crippen LogP contribution in [-0.2, 0) is 4.74 Å². The van der Waals surface area contributed by atoms with Crippen LogP contribution in [0.3, 0.4) is 0 Å². The second-order valence-electron chi connectivity index (χ2n) is 3.84. The van der Waals surface area contributed by atoms with Gasteiger partial charge in [0.15, 0.2) is 0 Å². The summed E-state index contributed by atoms with van der Waals surface area (Å²) in [6.07, 6.45) is 2.25. The minimum atomic E-state index is 0.130. The van der Waals surface area contributed by atoms with Gasteiger partial charge in [0.1, 0.15) is 0 Å². The molecule has 0 aliphatic carbocycles. The van der Waals surface area contributed by atoms with Crippen LogP contribution in [0.2, 0.25) is 0 Å². The Labute approximate surface area is 93.1 Å². The van der Waals surface area contributed by atoms with Crippen LogP contribution in [0.25, 0.3) is 0 Å². The molecule has 5 nitrogen and oxygen atoms in total. The second kappa shape index (κ2) is 4.98. The van der Waals surface area contributed by atoms with Crippen LogP contribution < -0.4 is 11.3 Å². The molecule has 3 N–H and O–H groups in total. The zero-order valence-corrected chi connectivity index (χ0v) is 9.59. The summed E-state index contributed by atoms with van der Waals surface area (Å²) in [5.41, 5.74) is 3.83. The highest BCUT2D eigenvalue weighted by Crippen LogP contribution is 2.31. The molecule has 2 unspecified atom stereocenters. The summed E-state index contributed by atoms with van der Waals surface area (Å²) in [4.78, 5) is 1.13. The van der Waals surface area contributed by atoms with Gasteiger partial charge in [-0.15, -0.1) is 5.10 Å². The quantitative estimate of drug-likeness (QED) is 0.591. The number of ether oxygens (including phenoxy) is 1. The fraction of sp³-hybridized carbons (Fsp3) is 0.778. The molecular formula is C9H16N4OS. The minimum Gasteiger partial charge on any atom is -0.381 e. The van der Waals surface area contributed by atoms with Crippen molar-refractivity contribution in [1.82, 2.24) is 15.0 Å². The molecule has 1 aromatic rings. The number of aryl methyl sites for hydroxylation is 1. The molecule has 0 spiro atoms. The molecule has 2 atom stereocenters. The van der Waals surface area contributed by atoms with Crippen LogP contribution in [-0.4, -0.2) is 22.8 Å². The monoisotopic (exact) mass is 228 g/mol. The molecule has 1 aromatic heterocycles. The average Bonchev–Trinajstić information content (AvgIpc) is 2.68. The molecule has 1 fully saturated rings. The van der Waals surface area contributed by atoms with Gasteiger partial charge in [0.05, 0.1) is 23.2 Å². The molecule has 0 saturated carbocycles. The maximum Gasteiger partial charge on any atom is 0.0773 e. The molecule has 1 aliphatic rings. The van der Waals surface area contributed by atoms with Gasteiger partial charge >= 0.3 is 0 Å². The maximum absolute atomic E-state index is 5.61. The van der Waals surface area contributed by atoms with Crippen molar-refractivity contribution in [2.75, 3.05) is 13.2 Å². The second-order valence-corrected chi connectivity index (χ2v) is 4.63. The summed E-state index contributed by atoms with van der Waals surface area (Å²) < 4.78 is 9.41. The molecule has 6 heteroatoms. The molecule has 0 amide bonds. The van der Waals surface area contributed by atoms with Crippen LogP contribution in [0.4, 0.5) is 0 Å². The molecular weight excluding hydrogens is 212 g/mol. The van der Waals surface area contributed by atoms with Crippen LogP contribution >= 0.6 is 11.5 Å². The molecule has 0 aromatic carbocycles. The van der Waals surface area contributed by atoms with Gasteiger partial charge in [0, 0.05) is 12.5 Å². The van der Waals surface area contributed by atoms with E-state index in [2.05, 4.69) is 15.0 Å². The SMILES string of the molecule is Cc1nnsc1C(NN)C1CCCOC1. The Kier molecular flexibility index (Phi) is 3.63. The predicted octanol–water partition coefficient (Wildman–Crippen LogP) is 0.778. The van der Waals surface area contributed by atoms with Gasteiger partial charge in [0.2, 0.25) is 0 Å². The van der Waals surface area contributed by atoms with E-state index in [1.807, 2.05) is 6.92 Å². The topological polar surface area (TPSA) is 73.1 Å². The molecule has 1 saturated heterocycles. The largest absolute Gasteiger partial charge is 0.381 e. The number of nitrogens with zero attached hydrogens (tertiary/aromatic N) is 2. The summed E-state index contributed by atoms with van der Waals surface area (Å²) in [5, 5.41) is 4.01. The molecule has 84 valence electrons. The van der Waals surface area contributed by atoms with Crippen molar-refractivity contribution < 1.29 is 4.74 Å². The molecule has 2 rings (SSSR count). The number of hydrazine groups is 1. The number of rotatable bonds is 3.